The molecule has 0 radical (unpaired) electrons. The molecular formula is C20H17BrN2O5S2. The Morgan fingerprint density at radius 2 is 1.67 bits per heavy atom. The summed E-state index contributed by atoms with van der Waals surface area (Å²) in [6.45, 7) is -0.172. The lowest BCUT2D eigenvalue weighted by molar-refractivity contribution is -0.124. The SMILES string of the molecule is O=C(COC(=O)c1ccccc1NS(=O)(=O)c1ccc(Br)s1)NCc1ccccc1. The van der Waals surface area contributed by atoms with E-state index in [9.17, 15) is 18.0 Å². The molecule has 0 spiro atoms. The molecule has 2 N–H and O–H groups in total. The molecule has 0 bridgehead atoms. The van der Waals surface area contributed by atoms with Crippen LogP contribution in [0.3, 0.4) is 0 Å². The van der Waals surface area contributed by atoms with Crippen LogP contribution in [0, 0.1) is 0 Å². The zero-order valence-corrected chi connectivity index (χ0v) is 18.7. The van der Waals surface area contributed by atoms with Crippen LogP contribution >= 0.6 is 27.3 Å². The fraction of sp³-hybridized carbons (Fsp3) is 0.100. The van der Waals surface area contributed by atoms with E-state index in [0.717, 1.165) is 16.9 Å². The van der Waals surface area contributed by atoms with E-state index in [1.807, 2.05) is 30.3 Å². The number of hydrogen-bond donors (Lipinski definition) is 2. The van der Waals surface area contributed by atoms with Crippen LogP contribution in [0.25, 0.3) is 0 Å². The second-order valence-corrected chi connectivity index (χ2v) is 10.4. The van der Waals surface area contributed by atoms with Crippen LogP contribution in [0.2, 0.25) is 0 Å². The highest BCUT2D eigenvalue weighted by Gasteiger charge is 2.21. The first kappa shape index (κ1) is 22.0. The van der Waals surface area contributed by atoms with Gasteiger partial charge in [-0.15, -0.1) is 11.3 Å². The molecule has 156 valence electrons. The van der Waals surface area contributed by atoms with E-state index >= 15 is 0 Å². The zero-order chi connectivity index (χ0) is 21.6. The van der Waals surface area contributed by atoms with Crippen LogP contribution in [0.4, 0.5) is 5.69 Å². The highest BCUT2D eigenvalue weighted by molar-refractivity contribution is 9.11. The molecule has 1 amide bonds. The van der Waals surface area contributed by atoms with Gasteiger partial charge in [-0.1, -0.05) is 42.5 Å². The van der Waals surface area contributed by atoms with Crippen molar-refractivity contribution >= 4 is 54.9 Å². The van der Waals surface area contributed by atoms with Crippen molar-refractivity contribution in [1.82, 2.24) is 5.32 Å². The second-order valence-electron chi connectivity index (χ2n) is 6.05. The maximum Gasteiger partial charge on any atom is 0.340 e. The van der Waals surface area contributed by atoms with Gasteiger partial charge in [-0.05, 0) is 45.8 Å². The average Bonchev–Trinajstić information content (AvgIpc) is 3.19. The molecule has 7 nitrogen and oxygen atoms in total. The molecule has 1 heterocycles. The number of para-hydroxylation sites is 1. The van der Waals surface area contributed by atoms with Gasteiger partial charge in [-0.25, -0.2) is 13.2 Å². The second kappa shape index (κ2) is 9.88. The van der Waals surface area contributed by atoms with Gasteiger partial charge in [0.2, 0.25) is 0 Å². The monoisotopic (exact) mass is 508 g/mol. The zero-order valence-electron chi connectivity index (χ0n) is 15.5. The van der Waals surface area contributed by atoms with E-state index in [0.29, 0.717) is 10.3 Å². The number of amides is 1. The lowest BCUT2D eigenvalue weighted by atomic mass is 10.2. The Morgan fingerprint density at radius 1 is 0.967 bits per heavy atom. The van der Waals surface area contributed by atoms with E-state index in [4.69, 9.17) is 4.74 Å². The van der Waals surface area contributed by atoms with Crippen molar-refractivity contribution in [2.24, 2.45) is 0 Å². The first-order valence-corrected chi connectivity index (χ1v) is 11.8. The normalized spacial score (nSPS) is 11.0. The van der Waals surface area contributed by atoms with Crippen LogP contribution in [0.1, 0.15) is 15.9 Å². The number of sulfonamides is 1. The van der Waals surface area contributed by atoms with Gasteiger partial charge in [0.1, 0.15) is 4.21 Å². The molecule has 0 aliphatic rings. The van der Waals surface area contributed by atoms with Crippen molar-refractivity contribution in [3.63, 3.8) is 0 Å². The summed E-state index contributed by atoms with van der Waals surface area (Å²) in [4.78, 5) is 24.4. The van der Waals surface area contributed by atoms with Crippen LogP contribution in [0.15, 0.2) is 74.7 Å². The summed E-state index contributed by atoms with van der Waals surface area (Å²) in [5.74, 6) is -1.27. The van der Waals surface area contributed by atoms with Gasteiger partial charge < -0.3 is 10.1 Å². The summed E-state index contributed by atoms with van der Waals surface area (Å²) in [7, 11) is -3.87. The number of hydrogen-bond acceptors (Lipinski definition) is 6. The maximum absolute atomic E-state index is 12.5. The molecule has 3 aromatic rings. The van der Waals surface area contributed by atoms with Gasteiger partial charge in [0.15, 0.2) is 6.61 Å². The number of ether oxygens (including phenoxy) is 1. The maximum atomic E-state index is 12.5. The lowest BCUT2D eigenvalue weighted by Crippen LogP contribution is -2.28. The number of anilines is 1. The summed E-state index contributed by atoms with van der Waals surface area (Å²) < 4.78 is 33.3. The summed E-state index contributed by atoms with van der Waals surface area (Å²) in [5.41, 5.74) is 0.987. The number of carbonyl (C=O) groups excluding carboxylic acids is 2. The van der Waals surface area contributed by atoms with Crippen molar-refractivity contribution in [3.8, 4) is 0 Å². The molecule has 2 aromatic carbocycles. The highest BCUT2D eigenvalue weighted by atomic mass is 79.9. The van der Waals surface area contributed by atoms with Gasteiger partial charge in [-0.2, -0.15) is 0 Å². The Hall–Kier alpha value is -2.69. The minimum Gasteiger partial charge on any atom is -0.452 e. The summed E-state index contributed by atoms with van der Waals surface area (Å²) in [5, 5.41) is 2.65. The molecule has 1 aromatic heterocycles. The molecule has 0 saturated carbocycles. The lowest BCUT2D eigenvalue weighted by Gasteiger charge is -2.11. The smallest absolute Gasteiger partial charge is 0.340 e. The highest BCUT2D eigenvalue weighted by Crippen LogP contribution is 2.28. The van der Waals surface area contributed by atoms with E-state index in [-0.39, 0.29) is 15.5 Å². The van der Waals surface area contributed by atoms with Crippen LogP contribution in [0.5, 0.6) is 0 Å². The molecule has 0 aliphatic carbocycles. The fourth-order valence-electron chi connectivity index (χ4n) is 2.44. The standard InChI is InChI=1S/C20H17BrN2O5S2/c21-17-10-11-19(29-17)30(26,27)23-16-9-5-4-8-15(16)20(25)28-13-18(24)22-12-14-6-2-1-3-7-14/h1-11,23H,12-13H2,(H,22,24). The summed E-state index contributed by atoms with van der Waals surface area (Å²) in [6, 6.07) is 18.4. The van der Waals surface area contributed by atoms with Crippen molar-refractivity contribution in [2.45, 2.75) is 10.8 Å². The van der Waals surface area contributed by atoms with Crippen molar-refractivity contribution < 1.29 is 22.7 Å². The van der Waals surface area contributed by atoms with E-state index in [1.54, 1.807) is 18.2 Å². The fourth-order valence-corrected chi connectivity index (χ4v) is 5.53. The molecule has 30 heavy (non-hydrogen) atoms. The molecule has 0 fully saturated rings. The molecule has 0 atom stereocenters. The number of benzene rings is 2. The number of carbonyl (C=O) groups is 2. The van der Waals surface area contributed by atoms with Gasteiger partial charge in [0, 0.05) is 6.54 Å². The molecular weight excluding hydrogens is 492 g/mol. The number of halogens is 1. The van der Waals surface area contributed by atoms with E-state index in [1.165, 1.54) is 18.2 Å². The van der Waals surface area contributed by atoms with E-state index in [2.05, 4.69) is 26.0 Å². The van der Waals surface area contributed by atoms with Crippen molar-refractivity contribution in [2.75, 3.05) is 11.3 Å². The van der Waals surface area contributed by atoms with Crippen molar-refractivity contribution in [3.05, 3.63) is 81.6 Å². The number of nitrogens with one attached hydrogen (secondary N) is 2. The number of esters is 1. The van der Waals surface area contributed by atoms with Crippen molar-refractivity contribution in [1.29, 1.82) is 0 Å². The molecule has 0 saturated heterocycles. The largest absolute Gasteiger partial charge is 0.452 e. The Labute approximate surface area is 186 Å². The molecule has 0 aliphatic heterocycles. The number of thiophene rings is 1. The Kier molecular flexibility index (Phi) is 7.24. The van der Waals surface area contributed by atoms with Gasteiger partial charge >= 0.3 is 5.97 Å². The summed E-state index contributed by atoms with van der Waals surface area (Å²) in [6.07, 6.45) is 0. The Bertz CT molecular complexity index is 1150. The van der Waals surface area contributed by atoms with E-state index < -0.39 is 28.5 Å². The first-order chi connectivity index (χ1) is 14.3. The Morgan fingerprint density at radius 3 is 2.37 bits per heavy atom. The van der Waals surface area contributed by atoms with Gasteiger partial charge in [0.25, 0.3) is 15.9 Å². The molecule has 3 rings (SSSR count). The average molecular weight is 509 g/mol. The van der Waals surface area contributed by atoms with Crippen LogP contribution in [-0.4, -0.2) is 26.9 Å². The van der Waals surface area contributed by atoms with Gasteiger partial charge in [0.05, 0.1) is 15.0 Å². The third-order valence-corrected chi connectivity index (χ3v) is 7.35. The van der Waals surface area contributed by atoms with Gasteiger partial charge in [-0.3, -0.25) is 9.52 Å². The third kappa shape index (κ3) is 5.91. The van der Waals surface area contributed by atoms with Crippen LogP contribution < -0.4 is 10.0 Å². The van der Waals surface area contributed by atoms with Crippen LogP contribution in [-0.2, 0) is 26.1 Å². The minimum atomic E-state index is -3.87. The topological polar surface area (TPSA) is 102 Å². The minimum absolute atomic E-state index is 0.00700. The predicted octanol–water partition coefficient (Wildman–Crippen LogP) is 3.78. The first-order valence-electron chi connectivity index (χ1n) is 8.70. The predicted molar refractivity (Wildman–Crippen MR) is 118 cm³/mol. The third-order valence-electron chi connectivity index (χ3n) is 3.87. The molecule has 0 unspecified atom stereocenters. The molecule has 10 heteroatoms. The number of rotatable bonds is 8. The quantitative estimate of drug-likeness (QED) is 0.450. The Balaban J connectivity index is 1.62. The summed E-state index contributed by atoms with van der Waals surface area (Å²) >= 11 is 4.27.